The summed E-state index contributed by atoms with van der Waals surface area (Å²) in [6, 6.07) is 6.16. The van der Waals surface area contributed by atoms with Crippen LogP contribution in [0.5, 0.6) is 0 Å². The topological polar surface area (TPSA) is 108 Å². The van der Waals surface area contributed by atoms with Crippen molar-refractivity contribution in [1.29, 1.82) is 0 Å². The number of nitrogens with two attached hydrogens (primary N) is 1. The minimum absolute atomic E-state index is 0.0244. The summed E-state index contributed by atoms with van der Waals surface area (Å²) < 4.78 is 4.92. The summed E-state index contributed by atoms with van der Waals surface area (Å²) in [5.41, 5.74) is 5.94. The molecule has 0 spiro atoms. The second kappa shape index (κ2) is 4.44. The molecular weight excluding hydrogens is 224 g/mol. The zero-order valence-electron chi connectivity index (χ0n) is 8.61. The first-order valence-electron chi connectivity index (χ1n) is 4.66. The lowest BCUT2D eigenvalue weighted by Gasteiger charge is -1.93. The van der Waals surface area contributed by atoms with Crippen molar-refractivity contribution < 1.29 is 9.34 Å². The highest BCUT2D eigenvalue weighted by Crippen LogP contribution is 2.15. The summed E-state index contributed by atoms with van der Waals surface area (Å²) in [6.45, 7) is 0. The van der Waals surface area contributed by atoms with Gasteiger partial charge in [-0.3, -0.25) is 10.1 Å². The highest BCUT2D eigenvalue weighted by Gasteiger charge is 2.04. The van der Waals surface area contributed by atoms with E-state index in [1.807, 2.05) is 0 Å². The van der Waals surface area contributed by atoms with Gasteiger partial charge in [-0.05, 0) is 11.6 Å². The van der Waals surface area contributed by atoms with Crippen LogP contribution < -0.4 is 5.73 Å². The summed E-state index contributed by atoms with van der Waals surface area (Å²) in [4.78, 5) is 10.1. The molecule has 86 valence electrons. The standard InChI is InChI=1S/C10H8N4O3/c11-10-13-12-9(17-10)5-4-7-2-1-3-8(6-7)14(15)16/h1-6H,(H2,11,13)/b5-4+. The number of hydrogen-bond donors (Lipinski definition) is 1. The summed E-state index contributed by atoms with van der Waals surface area (Å²) in [7, 11) is 0. The average molecular weight is 232 g/mol. The molecule has 0 radical (unpaired) electrons. The van der Waals surface area contributed by atoms with Crippen LogP contribution in [-0.4, -0.2) is 15.1 Å². The molecule has 1 aromatic carbocycles. The van der Waals surface area contributed by atoms with Crippen LogP contribution in [0.4, 0.5) is 11.7 Å². The van der Waals surface area contributed by atoms with Gasteiger partial charge < -0.3 is 10.2 Å². The normalized spacial score (nSPS) is 10.8. The second-order valence-electron chi connectivity index (χ2n) is 3.16. The van der Waals surface area contributed by atoms with E-state index in [-0.39, 0.29) is 17.6 Å². The highest BCUT2D eigenvalue weighted by atomic mass is 16.6. The van der Waals surface area contributed by atoms with Gasteiger partial charge in [-0.25, -0.2) is 0 Å². The third kappa shape index (κ3) is 2.65. The average Bonchev–Trinajstić information content (AvgIpc) is 2.73. The molecule has 0 amide bonds. The Morgan fingerprint density at radius 2 is 2.18 bits per heavy atom. The third-order valence-corrected chi connectivity index (χ3v) is 1.96. The van der Waals surface area contributed by atoms with Crippen LogP contribution in [0, 0.1) is 10.1 Å². The highest BCUT2D eigenvalue weighted by molar-refractivity contribution is 5.67. The molecular formula is C10H8N4O3. The Morgan fingerprint density at radius 3 is 2.82 bits per heavy atom. The van der Waals surface area contributed by atoms with Gasteiger partial charge in [0, 0.05) is 18.2 Å². The van der Waals surface area contributed by atoms with Gasteiger partial charge in [-0.1, -0.05) is 17.2 Å². The van der Waals surface area contributed by atoms with Crippen molar-refractivity contribution in [3.63, 3.8) is 0 Å². The lowest BCUT2D eigenvalue weighted by Crippen LogP contribution is -1.87. The van der Waals surface area contributed by atoms with Gasteiger partial charge in [0.25, 0.3) is 5.69 Å². The van der Waals surface area contributed by atoms with Gasteiger partial charge in [-0.2, -0.15) is 0 Å². The minimum atomic E-state index is -0.456. The number of aromatic nitrogens is 2. The molecule has 1 aromatic heterocycles. The van der Waals surface area contributed by atoms with Crippen molar-refractivity contribution in [2.75, 3.05) is 5.73 Å². The fourth-order valence-corrected chi connectivity index (χ4v) is 1.22. The van der Waals surface area contributed by atoms with E-state index in [1.54, 1.807) is 18.2 Å². The fourth-order valence-electron chi connectivity index (χ4n) is 1.22. The first-order valence-corrected chi connectivity index (χ1v) is 4.66. The third-order valence-electron chi connectivity index (χ3n) is 1.96. The fraction of sp³-hybridized carbons (Fsp3) is 0. The maximum Gasteiger partial charge on any atom is 0.313 e. The molecule has 0 aliphatic rings. The van der Waals surface area contributed by atoms with Crippen molar-refractivity contribution in [3.05, 3.63) is 45.8 Å². The van der Waals surface area contributed by atoms with Gasteiger partial charge in [0.2, 0.25) is 5.89 Å². The molecule has 0 unspecified atom stereocenters. The van der Waals surface area contributed by atoms with Crippen molar-refractivity contribution in [1.82, 2.24) is 10.2 Å². The number of nitro benzene ring substituents is 1. The molecule has 1 heterocycles. The molecule has 0 aliphatic heterocycles. The van der Waals surface area contributed by atoms with Gasteiger partial charge in [0.15, 0.2) is 0 Å². The Kier molecular flexibility index (Phi) is 2.82. The van der Waals surface area contributed by atoms with Gasteiger partial charge in [0.05, 0.1) is 4.92 Å². The van der Waals surface area contributed by atoms with Gasteiger partial charge >= 0.3 is 6.01 Å². The van der Waals surface area contributed by atoms with Crippen molar-refractivity contribution in [2.45, 2.75) is 0 Å². The number of rotatable bonds is 3. The summed E-state index contributed by atoms with van der Waals surface area (Å²) in [5, 5.41) is 17.7. The van der Waals surface area contributed by atoms with Crippen molar-refractivity contribution in [2.24, 2.45) is 0 Å². The quantitative estimate of drug-likeness (QED) is 0.637. The molecule has 0 fully saturated rings. The monoisotopic (exact) mass is 232 g/mol. The van der Waals surface area contributed by atoms with Crippen LogP contribution in [0.25, 0.3) is 12.2 Å². The molecule has 2 N–H and O–H groups in total. The summed E-state index contributed by atoms with van der Waals surface area (Å²) >= 11 is 0. The first kappa shape index (κ1) is 10.8. The zero-order chi connectivity index (χ0) is 12.3. The van der Waals surface area contributed by atoms with E-state index in [9.17, 15) is 10.1 Å². The lowest BCUT2D eigenvalue weighted by molar-refractivity contribution is -0.384. The largest absolute Gasteiger partial charge is 0.404 e. The molecule has 7 nitrogen and oxygen atoms in total. The van der Waals surface area contributed by atoms with E-state index in [0.29, 0.717) is 5.56 Å². The Labute approximate surface area is 95.7 Å². The molecule has 7 heteroatoms. The SMILES string of the molecule is Nc1nnc(/C=C/c2cccc([N+](=O)[O-])c2)o1. The molecule has 0 saturated heterocycles. The number of nitrogen functional groups attached to an aromatic ring is 1. The molecule has 2 aromatic rings. The number of non-ortho nitro benzene ring substituents is 1. The minimum Gasteiger partial charge on any atom is -0.404 e. The lowest BCUT2D eigenvalue weighted by atomic mass is 10.2. The Bertz CT molecular complexity index is 576. The summed E-state index contributed by atoms with van der Waals surface area (Å²) in [5.74, 6) is 0.244. The van der Waals surface area contributed by atoms with Crippen LogP contribution in [0.15, 0.2) is 28.7 Å². The number of hydrogen-bond acceptors (Lipinski definition) is 6. The van der Waals surface area contributed by atoms with Gasteiger partial charge in [-0.15, -0.1) is 5.10 Å². The number of nitro groups is 1. The Hall–Kier alpha value is -2.70. The first-order chi connectivity index (χ1) is 8.15. The molecule has 0 saturated carbocycles. The maximum absolute atomic E-state index is 10.6. The zero-order valence-corrected chi connectivity index (χ0v) is 8.61. The Morgan fingerprint density at radius 1 is 1.35 bits per heavy atom. The molecule has 17 heavy (non-hydrogen) atoms. The predicted molar refractivity (Wildman–Crippen MR) is 60.7 cm³/mol. The molecule has 0 aliphatic carbocycles. The number of anilines is 1. The smallest absolute Gasteiger partial charge is 0.313 e. The molecule has 2 rings (SSSR count). The van der Waals surface area contributed by atoms with E-state index >= 15 is 0 Å². The van der Waals surface area contributed by atoms with Crippen LogP contribution in [-0.2, 0) is 0 Å². The predicted octanol–water partition coefficient (Wildman–Crippen LogP) is 1.73. The van der Waals surface area contributed by atoms with E-state index < -0.39 is 4.92 Å². The number of benzene rings is 1. The molecule has 0 bridgehead atoms. The molecule has 0 atom stereocenters. The maximum atomic E-state index is 10.6. The van der Waals surface area contributed by atoms with Crippen LogP contribution >= 0.6 is 0 Å². The van der Waals surface area contributed by atoms with E-state index in [0.717, 1.165) is 0 Å². The Balaban J connectivity index is 2.21. The van der Waals surface area contributed by atoms with Crippen molar-refractivity contribution >= 4 is 23.9 Å². The van der Waals surface area contributed by atoms with Crippen molar-refractivity contribution in [3.8, 4) is 0 Å². The van der Waals surface area contributed by atoms with E-state index in [1.165, 1.54) is 18.2 Å². The van der Waals surface area contributed by atoms with Crippen LogP contribution in [0.3, 0.4) is 0 Å². The number of nitrogens with zero attached hydrogens (tertiary/aromatic N) is 3. The van der Waals surface area contributed by atoms with Crippen LogP contribution in [0.1, 0.15) is 11.5 Å². The van der Waals surface area contributed by atoms with Gasteiger partial charge in [0.1, 0.15) is 0 Å². The second-order valence-corrected chi connectivity index (χ2v) is 3.16. The van der Waals surface area contributed by atoms with E-state index in [4.69, 9.17) is 10.2 Å². The van der Waals surface area contributed by atoms with Crippen LogP contribution in [0.2, 0.25) is 0 Å². The van der Waals surface area contributed by atoms with E-state index in [2.05, 4.69) is 10.2 Å². The summed E-state index contributed by atoms with van der Waals surface area (Å²) in [6.07, 6.45) is 3.16.